The van der Waals surface area contributed by atoms with Crippen molar-refractivity contribution in [2.45, 2.75) is 38.3 Å². The molecule has 5 heteroatoms. The Bertz CT molecular complexity index is 218. The molecular weight excluding hydrogens is 220 g/mol. The number of hydrogen-bond donors (Lipinski definition) is 2. The summed E-state index contributed by atoms with van der Waals surface area (Å²) < 4.78 is 9.99. The van der Waals surface area contributed by atoms with Crippen LogP contribution in [0.1, 0.15) is 26.2 Å². The summed E-state index contributed by atoms with van der Waals surface area (Å²) in [5.41, 5.74) is 0. The fourth-order valence-electron chi connectivity index (χ4n) is 1.96. The van der Waals surface area contributed by atoms with E-state index >= 15 is 0 Å². The highest BCUT2D eigenvalue weighted by Gasteiger charge is 2.15. The van der Waals surface area contributed by atoms with Gasteiger partial charge in [-0.2, -0.15) is 0 Å². The number of nitrogens with one attached hydrogen (secondary N) is 2. The zero-order chi connectivity index (χ0) is 12.5. The van der Waals surface area contributed by atoms with E-state index in [0.717, 1.165) is 39.1 Å². The minimum atomic E-state index is -0.137. The molecule has 1 aliphatic rings. The first-order chi connectivity index (χ1) is 8.22. The average molecular weight is 244 g/mol. The normalized spacial score (nSPS) is 22.1. The topological polar surface area (TPSA) is 59.6 Å². The fourth-order valence-corrected chi connectivity index (χ4v) is 1.96. The molecule has 0 bridgehead atoms. The first kappa shape index (κ1) is 14.4. The van der Waals surface area contributed by atoms with Gasteiger partial charge in [0.25, 0.3) is 0 Å². The minimum Gasteiger partial charge on any atom is -0.469 e. The van der Waals surface area contributed by atoms with Crippen molar-refractivity contribution in [2.75, 3.05) is 33.4 Å². The highest BCUT2D eigenvalue weighted by molar-refractivity contribution is 5.69. The molecule has 0 spiro atoms. The number of ether oxygens (including phenoxy) is 2. The molecule has 2 N–H and O–H groups in total. The van der Waals surface area contributed by atoms with Gasteiger partial charge in [-0.15, -0.1) is 0 Å². The smallest absolute Gasteiger partial charge is 0.305 e. The van der Waals surface area contributed by atoms with Crippen molar-refractivity contribution in [3.05, 3.63) is 0 Å². The van der Waals surface area contributed by atoms with Crippen LogP contribution in [0.4, 0.5) is 0 Å². The minimum absolute atomic E-state index is 0.137. The van der Waals surface area contributed by atoms with Crippen LogP contribution in [0.15, 0.2) is 0 Å². The second kappa shape index (κ2) is 8.44. The Kier molecular flexibility index (Phi) is 7.16. The van der Waals surface area contributed by atoms with Gasteiger partial charge < -0.3 is 20.1 Å². The van der Waals surface area contributed by atoms with Crippen LogP contribution in [0, 0.1) is 0 Å². The van der Waals surface area contributed by atoms with Crippen molar-refractivity contribution in [3.8, 4) is 0 Å². The number of rotatable bonds is 7. The predicted molar refractivity (Wildman–Crippen MR) is 65.9 cm³/mol. The van der Waals surface area contributed by atoms with Gasteiger partial charge in [0.15, 0.2) is 0 Å². The Morgan fingerprint density at radius 1 is 1.65 bits per heavy atom. The molecule has 0 saturated carbocycles. The SMILES string of the molecule is COC(=O)CCCNC(C)CC1COCCN1. The van der Waals surface area contributed by atoms with E-state index in [1.165, 1.54) is 7.11 Å². The van der Waals surface area contributed by atoms with Crippen LogP contribution in [0.2, 0.25) is 0 Å². The maximum absolute atomic E-state index is 10.9. The van der Waals surface area contributed by atoms with Crippen LogP contribution in [-0.2, 0) is 14.3 Å². The number of esters is 1. The first-order valence-corrected chi connectivity index (χ1v) is 6.33. The quantitative estimate of drug-likeness (QED) is 0.498. The molecule has 2 atom stereocenters. The Morgan fingerprint density at radius 2 is 2.47 bits per heavy atom. The average Bonchev–Trinajstić information content (AvgIpc) is 2.35. The summed E-state index contributed by atoms with van der Waals surface area (Å²) in [5.74, 6) is -0.137. The highest BCUT2D eigenvalue weighted by Crippen LogP contribution is 2.02. The predicted octanol–water partition coefficient (Wildman–Crippen LogP) is 0.296. The van der Waals surface area contributed by atoms with Crippen molar-refractivity contribution >= 4 is 5.97 Å². The molecule has 2 unspecified atom stereocenters. The van der Waals surface area contributed by atoms with E-state index < -0.39 is 0 Å². The van der Waals surface area contributed by atoms with Gasteiger partial charge in [0, 0.05) is 25.0 Å². The number of hydrogen-bond acceptors (Lipinski definition) is 5. The van der Waals surface area contributed by atoms with Crippen molar-refractivity contribution in [1.29, 1.82) is 0 Å². The standard InChI is InChI=1S/C12H24N2O3/c1-10(8-11-9-17-7-6-14-11)13-5-3-4-12(15)16-2/h10-11,13-14H,3-9H2,1-2H3. The second-order valence-corrected chi connectivity index (χ2v) is 4.50. The van der Waals surface area contributed by atoms with Gasteiger partial charge in [-0.25, -0.2) is 0 Å². The summed E-state index contributed by atoms with van der Waals surface area (Å²) in [6.45, 7) is 5.57. The van der Waals surface area contributed by atoms with E-state index in [-0.39, 0.29) is 5.97 Å². The van der Waals surface area contributed by atoms with Gasteiger partial charge in [0.2, 0.25) is 0 Å². The van der Waals surface area contributed by atoms with Gasteiger partial charge in [-0.05, 0) is 26.3 Å². The van der Waals surface area contributed by atoms with E-state index in [0.29, 0.717) is 18.5 Å². The summed E-state index contributed by atoms with van der Waals surface area (Å²) in [7, 11) is 1.42. The van der Waals surface area contributed by atoms with Crippen LogP contribution < -0.4 is 10.6 Å². The van der Waals surface area contributed by atoms with Gasteiger partial charge in [-0.1, -0.05) is 0 Å². The first-order valence-electron chi connectivity index (χ1n) is 6.33. The molecule has 17 heavy (non-hydrogen) atoms. The summed E-state index contributed by atoms with van der Waals surface area (Å²) in [5, 5.41) is 6.83. The van der Waals surface area contributed by atoms with Crippen molar-refractivity contribution in [1.82, 2.24) is 10.6 Å². The summed E-state index contributed by atoms with van der Waals surface area (Å²) in [4.78, 5) is 10.9. The molecule has 100 valence electrons. The van der Waals surface area contributed by atoms with Gasteiger partial charge in [0.1, 0.15) is 0 Å². The second-order valence-electron chi connectivity index (χ2n) is 4.50. The molecule has 1 heterocycles. The summed E-state index contributed by atoms with van der Waals surface area (Å²) in [6, 6.07) is 0.888. The molecule has 0 amide bonds. The molecule has 1 fully saturated rings. The van der Waals surface area contributed by atoms with Crippen LogP contribution in [0.5, 0.6) is 0 Å². The molecule has 0 aliphatic carbocycles. The molecular formula is C12H24N2O3. The molecule has 1 saturated heterocycles. The van der Waals surface area contributed by atoms with E-state index in [2.05, 4.69) is 22.3 Å². The van der Waals surface area contributed by atoms with Crippen molar-refractivity contribution in [3.63, 3.8) is 0 Å². The van der Waals surface area contributed by atoms with Gasteiger partial charge in [0.05, 0.1) is 20.3 Å². The Labute approximate surface area is 103 Å². The zero-order valence-corrected chi connectivity index (χ0v) is 10.8. The Morgan fingerprint density at radius 3 is 3.12 bits per heavy atom. The molecule has 0 radical (unpaired) electrons. The third-order valence-corrected chi connectivity index (χ3v) is 2.91. The number of carbonyl (C=O) groups is 1. The van der Waals surface area contributed by atoms with E-state index in [9.17, 15) is 4.79 Å². The van der Waals surface area contributed by atoms with Crippen molar-refractivity contribution in [2.24, 2.45) is 0 Å². The third kappa shape index (κ3) is 6.61. The van der Waals surface area contributed by atoms with Crippen LogP contribution >= 0.6 is 0 Å². The molecule has 1 rings (SSSR count). The summed E-state index contributed by atoms with van der Waals surface area (Å²) in [6.07, 6.45) is 2.37. The zero-order valence-electron chi connectivity index (χ0n) is 10.8. The molecule has 0 aromatic rings. The van der Waals surface area contributed by atoms with Gasteiger partial charge in [-0.3, -0.25) is 4.79 Å². The summed E-state index contributed by atoms with van der Waals surface area (Å²) >= 11 is 0. The van der Waals surface area contributed by atoms with Crippen molar-refractivity contribution < 1.29 is 14.3 Å². The number of carbonyl (C=O) groups excluding carboxylic acids is 1. The van der Waals surface area contributed by atoms with Crippen LogP contribution in [-0.4, -0.2) is 51.5 Å². The molecule has 1 aliphatic heterocycles. The van der Waals surface area contributed by atoms with Crippen LogP contribution in [0.3, 0.4) is 0 Å². The third-order valence-electron chi connectivity index (χ3n) is 2.91. The van der Waals surface area contributed by atoms with Gasteiger partial charge >= 0.3 is 5.97 Å². The van der Waals surface area contributed by atoms with E-state index in [1.54, 1.807) is 0 Å². The Balaban J connectivity index is 2.00. The molecule has 0 aromatic carbocycles. The largest absolute Gasteiger partial charge is 0.469 e. The Hall–Kier alpha value is -0.650. The van der Waals surface area contributed by atoms with Crippen LogP contribution in [0.25, 0.3) is 0 Å². The fraction of sp³-hybridized carbons (Fsp3) is 0.917. The monoisotopic (exact) mass is 244 g/mol. The highest BCUT2D eigenvalue weighted by atomic mass is 16.5. The molecule has 5 nitrogen and oxygen atoms in total. The number of morpholine rings is 1. The lowest BCUT2D eigenvalue weighted by atomic mass is 10.1. The lowest BCUT2D eigenvalue weighted by Crippen LogP contribution is -2.45. The van der Waals surface area contributed by atoms with E-state index in [1.807, 2.05) is 0 Å². The lowest BCUT2D eigenvalue weighted by molar-refractivity contribution is -0.140. The maximum atomic E-state index is 10.9. The van der Waals surface area contributed by atoms with E-state index in [4.69, 9.17) is 4.74 Å². The lowest BCUT2D eigenvalue weighted by Gasteiger charge is -2.26. The maximum Gasteiger partial charge on any atom is 0.305 e. The number of methoxy groups -OCH3 is 1. The molecule has 0 aromatic heterocycles.